The average Bonchev–Trinajstić information content (AvgIpc) is 4.13. The number of carbonyl (C=O) groups is 1. The predicted octanol–water partition coefficient (Wildman–Crippen LogP) is 8.36. The summed E-state index contributed by atoms with van der Waals surface area (Å²) >= 11 is 0. The maximum atomic E-state index is 14.8. The van der Waals surface area contributed by atoms with Crippen LogP contribution >= 0.6 is 0 Å². The summed E-state index contributed by atoms with van der Waals surface area (Å²) in [5.74, 6) is 0.799. The number of aromatic nitrogens is 3. The first-order chi connectivity index (χ1) is 39.4. The van der Waals surface area contributed by atoms with Crippen molar-refractivity contribution in [2.24, 2.45) is 11.3 Å². The molecule has 3 aromatic heterocycles. The van der Waals surface area contributed by atoms with Crippen LogP contribution in [0.15, 0.2) is 102 Å². The first-order valence-corrected chi connectivity index (χ1v) is 30.3. The molecule has 3 aromatic carbocycles. The quantitative estimate of drug-likeness (QED) is 0.0732. The molecule has 5 saturated heterocycles. The van der Waals surface area contributed by atoms with Gasteiger partial charge in [0.15, 0.2) is 5.82 Å². The minimum Gasteiger partial charge on any atom is -0.468 e. The molecule has 9 heterocycles. The number of nitro benzene ring substituents is 1. The van der Waals surface area contributed by atoms with Crippen molar-refractivity contribution in [2.45, 2.75) is 94.0 Å². The number of H-pyrrole nitrogens is 1. The van der Waals surface area contributed by atoms with Crippen molar-refractivity contribution >= 4 is 66.9 Å². The number of morpholine rings is 1. The molecule has 0 bridgehead atoms. The van der Waals surface area contributed by atoms with Gasteiger partial charge in [0.2, 0.25) is 5.88 Å². The summed E-state index contributed by atoms with van der Waals surface area (Å²) in [5.41, 5.74) is 6.70. The van der Waals surface area contributed by atoms with E-state index < -0.39 is 37.5 Å². The number of nitrogens with one attached hydrogen (secondary N) is 3. The SMILES string of the molecule is Cc1ccccc1[C@@H]1CN(c2cccnc2N2CCOC[C@@H]2C)CCN1C1CC2(CCN(c3ccc(C(=O)NS(=O)(=O)c4ccc(NCC5CCOCC5)c([N+](=O)[O-])c4)c(N4c5cc6cc[nH]c6nc5O[C@H]5COCC[C@@H]54)c3)CC2)C1. The van der Waals surface area contributed by atoms with Crippen LogP contribution in [0.5, 0.6) is 5.88 Å². The molecule has 426 valence electrons. The van der Waals surface area contributed by atoms with Crippen molar-refractivity contribution in [1.82, 2.24) is 24.6 Å². The van der Waals surface area contributed by atoms with E-state index in [9.17, 15) is 23.3 Å². The van der Waals surface area contributed by atoms with E-state index in [0.717, 1.165) is 101 Å². The average molecular weight is 1120 g/mol. The molecule has 81 heavy (non-hydrogen) atoms. The van der Waals surface area contributed by atoms with Crippen LogP contribution in [0.4, 0.5) is 39.9 Å². The number of piperidine rings is 1. The van der Waals surface area contributed by atoms with Gasteiger partial charge in [-0.25, -0.2) is 18.1 Å². The van der Waals surface area contributed by atoms with Crippen molar-refractivity contribution < 1.29 is 37.1 Å². The Morgan fingerprint density at radius 1 is 0.852 bits per heavy atom. The number of benzene rings is 3. The molecule has 1 saturated carbocycles. The number of anilines is 6. The van der Waals surface area contributed by atoms with Crippen molar-refractivity contribution in [3.8, 4) is 5.88 Å². The molecule has 6 fully saturated rings. The zero-order valence-electron chi connectivity index (χ0n) is 46.0. The van der Waals surface area contributed by atoms with Gasteiger partial charge < -0.3 is 48.8 Å². The maximum absolute atomic E-state index is 14.8. The number of rotatable bonds is 13. The number of nitro groups is 1. The van der Waals surface area contributed by atoms with Crippen LogP contribution < -0.4 is 34.4 Å². The van der Waals surface area contributed by atoms with Crippen molar-refractivity contribution in [1.29, 1.82) is 0 Å². The second-order valence-corrected chi connectivity index (χ2v) is 24.9. The lowest BCUT2D eigenvalue weighted by atomic mass is 9.59. The molecule has 0 radical (unpaired) electrons. The Morgan fingerprint density at radius 3 is 2.48 bits per heavy atom. The van der Waals surface area contributed by atoms with E-state index in [4.69, 9.17) is 28.9 Å². The third-order valence-electron chi connectivity index (χ3n) is 18.4. The highest BCUT2D eigenvalue weighted by Crippen LogP contribution is 2.54. The molecule has 1 amide bonds. The molecule has 1 spiro atoms. The summed E-state index contributed by atoms with van der Waals surface area (Å²) in [4.78, 5) is 51.5. The fourth-order valence-electron chi connectivity index (χ4n) is 13.9. The van der Waals surface area contributed by atoms with E-state index in [0.29, 0.717) is 81.6 Å². The van der Waals surface area contributed by atoms with Crippen LogP contribution in [-0.4, -0.2) is 149 Å². The van der Waals surface area contributed by atoms with Gasteiger partial charge in [-0.05, 0) is 136 Å². The van der Waals surface area contributed by atoms with Crippen LogP contribution in [0.25, 0.3) is 11.0 Å². The van der Waals surface area contributed by atoms with Gasteiger partial charge in [0, 0.05) is 101 Å². The molecule has 0 unspecified atom stereocenters. The van der Waals surface area contributed by atoms with Gasteiger partial charge in [0.1, 0.15) is 23.1 Å². The minimum atomic E-state index is -4.62. The molecule has 21 heteroatoms. The Balaban J connectivity index is 0.761. The summed E-state index contributed by atoms with van der Waals surface area (Å²) in [6.07, 6.45) is 9.78. The van der Waals surface area contributed by atoms with Crippen molar-refractivity contribution in [3.63, 3.8) is 0 Å². The Bertz CT molecular complexity index is 3430. The number of pyridine rings is 2. The normalized spacial score (nSPS) is 23.6. The van der Waals surface area contributed by atoms with Crippen LogP contribution in [0, 0.1) is 28.4 Å². The smallest absolute Gasteiger partial charge is 0.293 e. The van der Waals surface area contributed by atoms with Gasteiger partial charge >= 0.3 is 0 Å². The third kappa shape index (κ3) is 10.4. The number of amides is 1. The van der Waals surface area contributed by atoms with E-state index in [2.05, 4.69) is 89.8 Å². The number of nitrogens with zero attached hydrogens (tertiary/aromatic N) is 8. The molecule has 3 N–H and O–H groups in total. The van der Waals surface area contributed by atoms with Crippen LogP contribution in [0.1, 0.15) is 79.4 Å². The lowest BCUT2D eigenvalue weighted by molar-refractivity contribution is -0.384. The van der Waals surface area contributed by atoms with Crippen LogP contribution in [0.2, 0.25) is 0 Å². The van der Waals surface area contributed by atoms with Crippen LogP contribution in [0.3, 0.4) is 0 Å². The first-order valence-electron chi connectivity index (χ1n) is 28.8. The Morgan fingerprint density at radius 2 is 1.67 bits per heavy atom. The molecule has 20 nitrogen and oxygen atoms in total. The number of sulfonamides is 1. The number of piperazine rings is 1. The topological polar surface area (TPSA) is 213 Å². The lowest BCUT2D eigenvalue weighted by Gasteiger charge is -2.58. The molecule has 6 aliphatic heterocycles. The largest absolute Gasteiger partial charge is 0.468 e. The standard InChI is InChI=1S/C60H71N11O9S/c1-39-6-3-4-7-46(39)54-36-67(50-8-5-19-62-57(50)68-25-29-79-37-40(68)2)23-24-69(54)44-33-60(34-44)17-21-66(22-18-60)43-9-11-47(51(31-43)70-49-16-28-78-38-55(49)80-59-53(70)30-42-13-20-61-56(42)64-59)58(72)65-81(75,76)45-10-12-48(52(32-45)71(73)74)63-35-41-14-26-77-27-15-41/h3-13,19-20,30-32,40-41,44,49,54-55,63H,14-18,21-29,33-38H2,1-2H3,(H,61,64)(H,65,72)/t40-,49-,54-,55-/m0/s1. The summed E-state index contributed by atoms with van der Waals surface area (Å²) in [7, 11) is -4.62. The van der Waals surface area contributed by atoms with E-state index >= 15 is 0 Å². The number of ether oxygens (including phenoxy) is 4. The zero-order valence-corrected chi connectivity index (χ0v) is 46.8. The molecule has 1 aliphatic carbocycles. The van der Waals surface area contributed by atoms with E-state index in [1.807, 2.05) is 36.7 Å². The lowest BCUT2D eigenvalue weighted by Crippen LogP contribution is -2.60. The fourth-order valence-corrected chi connectivity index (χ4v) is 14.9. The maximum Gasteiger partial charge on any atom is 0.293 e. The molecule has 6 aromatic rings. The highest BCUT2D eigenvalue weighted by molar-refractivity contribution is 7.90. The minimum absolute atomic E-state index is 0.118. The number of fused-ring (bicyclic) bond motifs is 3. The number of hydrogen-bond acceptors (Lipinski definition) is 17. The van der Waals surface area contributed by atoms with Gasteiger partial charge in [0.25, 0.3) is 21.6 Å². The number of aryl methyl sites for hydroxylation is 1. The Labute approximate surface area is 472 Å². The molecular formula is C60H71N11O9S. The number of hydrogen-bond donors (Lipinski definition) is 3. The second kappa shape index (κ2) is 22.0. The van der Waals surface area contributed by atoms with Crippen molar-refractivity contribution in [2.75, 3.05) is 110 Å². The van der Waals surface area contributed by atoms with Crippen LogP contribution in [-0.2, 0) is 24.2 Å². The van der Waals surface area contributed by atoms with E-state index in [1.54, 1.807) is 6.07 Å². The van der Waals surface area contributed by atoms with Gasteiger partial charge in [-0.3, -0.25) is 19.8 Å². The van der Waals surface area contributed by atoms with E-state index in [-0.39, 0.29) is 40.7 Å². The number of carbonyl (C=O) groups excluding carboxylic acids is 1. The summed E-state index contributed by atoms with van der Waals surface area (Å²) in [5, 5.41) is 16.4. The molecular weight excluding hydrogens is 1050 g/mol. The summed E-state index contributed by atoms with van der Waals surface area (Å²) in [6, 6.07) is 27.0. The van der Waals surface area contributed by atoms with Gasteiger partial charge in [-0.2, -0.15) is 4.98 Å². The highest BCUT2D eigenvalue weighted by atomic mass is 32.2. The van der Waals surface area contributed by atoms with Gasteiger partial charge in [-0.1, -0.05) is 24.3 Å². The second-order valence-electron chi connectivity index (χ2n) is 23.3. The Hall–Kier alpha value is -7.04. The molecule has 7 aliphatic rings. The predicted molar refractivity (Wildman–Crippen MR) is 310 cm³/mol. The summed E-state index contributed by atoms with van der Waals surface area (Å²) in [6.45, 7) is 13.5. The Kier molecular flexibility index (Phi) is 14.5. The molecule has 13 rings (SSSR count). The third-order valence-corrected chi connectivity index (χ3v) is 19.8. The van der Waals surface area contributed by atoms with Gasteiger partial charge in [0.05, 0.1) is 64.7 Å². The van der Waals surface area contributed by atoms with Crippen molar-refractivity contribution in [3.05, 3.63) is 124 Å². The zero-order chi connectivity index (χ0) is 55.4. The first kappa shape index (κ1) is 53.3. The van der Waals surface area contributed by atoms with E-state index in [1.165, 1.54) is 28.9 Å². The monoisotopic (exact) mass is 1120 g/mol. The number of aromatic amines is 1. The fraction of sp³-hybridized carbons (Fsp3) is 0.483. The molecule has 4 atom stereocenters. The highest BCUT2D eigenvalue weighted by Gasteiger charge is 2.51. The summed E-state index contributed by atoms with van der Waals surface area (Å²) < 4.78 is 54.6. The van der Waals surface area contributed by atoms with Gasteiger partial charge in [-0.15, -0.1) is 0 Å².